The predicted molar refractivity (Wildman–Crippen MR) is 84.6 cm³/mol. The van der Waals surface area contributed by atoms with Crippen LogP contribution in [0, 0.1) is 0 Å². The van der Waals surface area contributed by atoms with Gasteiger partial charge >= 0.3 is 5.79 Å². The fourth-order valence-corrected chi connectivity index (χ4v) is 3.33. The number of hydrogen-bond donors (Lipinski definition) is 0. The molecule has 0 N–H and O–H groups in total. The van der Waals surface area contributed by atoms with Gasteiger partial charge in [0.25, 0.3) is 5.91 Å². The predicted octanol–water partition coefficient (Wildman–Crippen LogP) is 2.34. The molecule has 3 aliphatic rings. The fourth-order valence-electron chi connectivity index (χ4n) is 3.33. The molecule has 0 bridgehead atoms. The molecular weight excluding hydrogens is 294 g/mol. The molecule has 1 aromatic carbocycles. The Kier molecular flexibility index (Phi) is 3.38. The van der Waals surface area contributed by atoms with Crippen molar-refractivity contribution in [2.24, 2.45) is 0 Å². The highest BCUT2D eigenvalue weighted by Gasteiger charge is 2.52. The first-order valence-corrected chi connectivity index (χ1v) is 7.89. The van der Waals surface area contributed by atoms with Crippen LogP contribution < -0.4 is 4.74 Å². The van der Waals surface area contributed by atoms with Gasteiger partial charge in [-0.25, -0.2) is 0 Å². The third-order valence-electron chi connectivity index (χ3n) is 4.59. The van der Waals surface area contributed by atoms with Crippen LogP contribution >= 0.6 is 0 Å². The Bertz CT molecular complexity index is 679. The van der Waals surface area contributed by atoms with Gasteiger partial charge in [-0.15, -0.1) is 0 Å². The minimum Gasteiger partial charge on any atom is -0.497 e. The molecule has 3 heterocycles. The molecule has 0 aliphatic carbocycles. The second-order valence-electron chi connectivity index (χ2n) is 6.03. The Morgan fingerprint density at radius 3 is 2.96 bits per heavy atom. The number of carbonyl (C=O) groups excluding carboxylic acids is 1. The molecule has 3 aliphatic heterocycles. The van der Waals surface area contributed by atoms with E-state index in [2.05, 4.69) is 0 Å². The summed E-state index contributed by atoms with van der Waals surface area (Å²) in [5.41, 5.74) is 0.977. The molecule has 0 radical (unpaired) electrons. The lowest BCUT2D eigenvalue weighted by molar-refractivity contribution is -0.219. The lowest BCUT2D eigenvalue weighted by Crippen LogP contribution is -2.58. The molecule has 120 valence electrons. The van der Waals surface area contributed by atoms with Gasteiger partial charge in [0, 0.05) is 12.6 Å². The van der Waals surface area contributed by atoms with Crippen molar-refractivity contribution < 1.29 is 19.0 Å². The lowest BCUT2D eigenvalue weighted by Gasteiger charge is -2.39. The highest BCUT2D eigenvalue weighted by atomic mass is 16.7. The zero-order valence-corrected chi connectivity index (χ0v) is 13.0. The molecule has 1 spiro atoms. The number of amides is 1. The van der Waals surface area contributed by atoms with Gasteiger partial charge < -0.3 is 19.1 Å². The minimum atomic E-state index is -1.26. The van der Waals surface area contributed by atoms with E-state index in [1.807, 2.05) is 35.2 Å². The Hall–Kier alpha value is -2.27. The summed E-state index contributed by atoms with van der Waals surface area (Å²) in [5.74, 6) is 0.0817. The quantitative estimate of drug-likeness (QED) is 0.841. The molecule has 0 aromatic heterocycles. The van der Waals surface area contributed by atoms with Crippen LogP contribution in [0.15, 0.2) is 42.2 Å². The van der Waals surface area contributed by atoms with Crippen molar-refractivity contribution in [3.63, 3.8) is 0 Å². The van der Waals surface area contributed by atoms with Crippen LogP contribution in [0.1, 0.15) is 18.4 Å². The van der Waals surface area contributed by atoms with Gasteiger partial charge in [0.1, 0.15) is 11.5 Å². The number of carbonyl (C=O) groups is 1. The first-order chi connectivity index (χ1) is 11.2. The molecule has 1 amide bonds. The van der Waals surface area contributed by atoms with Crippen molar-refractivity contribution in [3.05, 3.63) is 47.7 Å². The van der Waals surface area contributed by atoms with Gasteiger partial charge in [-0.05, 0) is 42.7 Å². The first-order valence-electron chi connectivity index (χ1n) is 7.89. The maximum absolute atomic E-state index is 12.7. The van der Waals surface area contributed by atoms with Crippen LogP contribution in [0.3, 0.4) is 0 Å². The third kappa shape index (κ3) is 2.41. The van der Waals surface area contributed by atoms with Gasteiger partial charge in [0.05, 0.1) is 19.8 Å². The Morgan fingerprint density at radius 2 is 2.17 bits per heavy atom. The van der Waals surface area contributed by atoms with Crippen molar-refractivity contribution in [3.8, 4) is 5.75 Å². The number of hydrogen-bond acceptors (Lipinski definition) is 4. The van der Waals surface area contributed by atoms with Crippen molar-refractivity contribution in [2.75, 3.05) is 20.3 Å². The minimum absolute atomic E-state index is 0.0827. The van der Waals surface area contributed by atoms with Crippen LogP contribution in [0.2, 0.25) is 0 Å². The van der Waals surface area contributed by atoms with E-state index in [4.69, 9.17) is 14.2 Å². The Labute approximate surface area is 135 Å². The van der Waals surface area contributed by atoms with E-state index in [-0.39, 0.29) is 11.9 Å². The molecular formula is C18H19NO4. The zero-order chi connectivity index (χ0) is 15.9. The maximum atomic E-state index is 12.7. The van der Waals surface area contributed by atoms with Crippen molar-refractivity contribution in [1.29, 1.82) is 0 Å². The molecule has 5 heteroatoms. The maximum Gasteiger partial charge on any atom is 0.311 e. The van der Waals surface area contributed by atoms with Crippen LogP contribution in [-0.2, 0) is 14.3 Å². The smallest absolute Gasteiger partial charge is 0.311 e. The van der Waals surface area contributed by atoms with Crippen LogP contribution in [0.25, 0.3) is 6.08 Å². The molecule has 2 saturated heterocycles. The first kappa shape index (κ1) is 14.3. The number of benzene rings is 1. The monoisotopic (exact) mass is 313 g/mol. The van der Waals surface area contributed by atoms with Gasteiger partial charge in [-0.3, -0.25) is 4.79 Å². The fraction of sp³-hybridized carbons (Fsp3) is 0.389. The second-order valence-corrected chi connectivity index (χ2v) is 6.03. The zero-order valence-electron chi connectivity index (χ0n) is 13.0. The molecule has 4 rings (SSSR count). The summed E-state index contributed by atoms with van der Waals surface area (Å²) in [6, 6.07) is 7.86. The molecule has 1 aromatic rings. The van der Waals surface area contributed by atoms with E-state index in [0.717, 1.165) is 30.7 Å². The normalized spacial score (nSPS) is 30.8. The SMILES string of the molecule is COc1ccc(/C=C2/C=C[C@@]3(OC[C@@H]4CCCN4C3=O)O2)cc1. The molecule has 0 saturated carbocycles. The molecule has 0 unspecified atom stereocenters. The second kappa shape index (κ2) is 5.42. The molecule has 5 nitrogen and oxygen atoms in total. The number of rotatable bonds is 2. The summed E-state index contributed by atoms with van der Waals surface area (Å²) in [6.07, 6.45) is 7.46. The summed E-state index contributed by atoms with van der Waals surface area (Å²) in [5, 5.41) is 0. The van der Waals surface area contributed by atoms with E-state index < -0.39 is 5.79 Å². The van der Waals surface area contributed by atoms with Crippen molar-refractivity contribution >= 4 is 12.0 Å². The van der Waals surface area contributed by atoms with Crippen molar-refractivity contribution in [1.82, 2.24) is 4.90 Å². The number of fused-ring (bicyclic) bond motifs is 1. The summed E-state index contributed by atoms with van der Waals surface area (Å²) in [7, 11) is 1.64. The van der Waals surface area contributed by atoms with Gasteiger partial charge in [-0.2, -0.15) is 0 Å². The lowest BCUT2D eigenvalue weighted by atomic mass is 10.1. The van der Waals surface area contributed by atoms with Crippen LogP contribution in [0.5, 0.6) is 5.75 Å². The van der Waals surface area contributed by atoms with E-state index in [0.29, 0.717) is 12.4 Å². The van der Waals surface area contributed by atoms with Crippen LogP contribution in [-0.4, -0.2) is 42.9 Å². The molecule has 2 atom stereocenters. The van der Waals surface area contributed by atoms with E-state index in [1.54, 1.807) is 19.3 Å². The topological polar surface area (TPSA) is 48.0 Å². The van der Waals surface area contributed by atoms with Gasteiger partial charge in [-0.1, -0.05) is 12.1 Å². The average molecular weight is 313 g/mol. The summed E-state index contributed by atoms with van der Waals surface area (Å²) >= 11 is 0. The summed E-state index contributed by atoms with van der Waals surface area (Å²) in [4.78, 5) is 14.6. The third-order valence-corrected chi connectivity index (χ3v) is 4.59. The molecule has 23 heavy (non-hydrogen) atoms. The number of ether oxygens (including phenoxy) is 3. The number of morpholine rings is 1. The Morgan fingerprint density at radius 1 is 1.35 bits per heavy atom. The number of nitrogens with zero attached hydrogens (tertiary/aromatic N) is 1. The van der Waals surface area contributed by atoms with Gasteiger partial charge in [0.15, 0.2) is 0 Å². The average Bonchev–Trinajstić information content (AvgIpc) is 3.20. The largest absolute Gasteiger partial charge is 0.497 e. The van der Waals surface area contributed by atoms with Crippen molar-refractivity contribution in [2.45, 2.75) is 24.7 Å². The van der Waals surface area contributed by atoms with E-state index in [9.17, 15) is 4.79 Å². The van der Waals surface area contributed by atoms with E-state index in [1.165, 1.54) is 0 Å². The highest BCUT2D eigenvalue weighted by molar-refractivity contribution is 5.88. The van der Waals surface area contributed by atoms with E-state index >= 15 is 0 Å². The number of methoxy groups -OCH3 is 1. The molecule has 2 fully saturated rings. The highest BCUT2D eigenvalue weighted by Crippen LogP contribution is 2.37. The standard InChI is InChI=1S/C18H19NO4/c1-21-15-6-4-13(5-7-15)11-16-8-9-18(23-16)17(20)19-10-2-3-14(19)12-22-18/h4-9,11,14H,2-3,10,12H2,1H3/b16-11-/t14-,18+/m0/s1. The van der Waals surface area contributed by atoms with Crippen LogP contribution in [0.4, 0.5) is 0 Å². The number of allylic oxidation sites excluding steroid dienone is 1. The summed E-state index contributed by atoms with van der Waals surface area (Å²) in [6.45, 7) is 1.33. The summed E-state index contributed by atoms with van der Waals surface area (Å²) < 4.78 is 16.8. The Balaban J connectivity index is 1.53. The van der Waals surface area contributed by atoms with Gasteiger partial charge in [0.2, 0.25) is 0 Å².